The van der Waals surface area contributed by atoms with Crippen LogP contribution in [0.1, 0.15) is 15.9 Å². The molecule has 0 aromatic heterocycles. The van der Waals surface area contributed by atoms with Crippen molar-refractivity contribution in [2.45, 2.75) is 12.5 Å². The zero-order valence-electron chi connectivity index (χ0n) is 13.3. The Kier molecular flexibility index (Phi) is 5.14. The standard InChI is InChI=1S/C20H16BrNO3/c21-17-7-3-4-13(10-17)11-18(20(24)25)22-19(23)16-9-8-14-5-1-2-6-15(14)12-16/h1-10,12,18H,11H2,(H,22,23)(H,24,25)/t18-/m0/s1. The third-order valence-corrected chi connectivity index (χ3v) is 4.44. The molecule has 0 spiro atoms. The lowest BCUT2D eigenvalue weighted by atomic mass is 10.0. The molecule has 3 aromatic rings. The second-order valence-electron chi connectivity index (χ2n) is 5.76. The van der Waals surface area contributed by atoms with Gasteiger partial charge in [0.2, 0.25) is 0 Å². The molecular weight excluding hydrogens is 382 g/mol. The molecule has 0 unspecified atom stereocenters. The number of hydrogen-bond acceptors (Lipinski definition) is 2. The Balaban J connectivity index is 1.78. The maximum Gasteiger partial charge on any atom is 0.326 e. The van der Waals surface area contributed by atoms with E-state index >= 15 is 0 Å². The topological polar surface area (TPSA) is 66.4 Å². The van der Waals surface area contributed by atoms with Crippen LogP contribution in [0.2, 0.25) is 0 Å². The van der Waals surface area contributed by atoms with Gasteiger partial charge in [0.1, 0.15) is 6.04 Å². The van der Waals surface area contributed by atoms with Crippen LogP contribution in [0.25, 0.3) is 10.8 Å². The van der Waals surface area contributed by atoms with Crippen LogP contribution in [0.15, 0.2) is 71.2 Å². The van der Waals surface area contributed by atoms with Crippen LogP contribution in [-0.2, 0) is 11.2 Å². The summed E-state index contributed by atoms with van der Waals surface area (Å²) in [5.41, 5.74) is 1.28. The number of carbonyl (C=O) groups is 2. The summed E-state index contributed by atoms with van der Waals surface area (Å²) in [6.07, 6.45) is 0.216. The van der Waals surface area contributed by atoms with Crippen LogP contribution >= 0.6 is 15.9 Å². The highest BCUT2D eigenvalue weighted by molar-refractivity contribution is 9.10. The molecule has 0 saturated carbocycles. The van der Waals surface area contributed by atoms with E-state index in [2.05, 4.69) is 21.2 Å². The number of rotatable bonds is 5. The molecule has 0 aliphatic rings. The Hall–Kier alpha value is -2.66. The molecule has 2 N–H and O–H groups in total. The summed E-state index contributed by atoms with van der Waals surface area (Å²) in [6.45, 7) is 0. The van der Waals surface area contributed by atoms with Crippen LogP contribution in [0.4, 0.5) is 0 Å². The summed E-state index contributed by atoms with van der Waals surface area (Å²) in [4.78, 5) is 24.0. The molecular formula is C20H16BrNO3. The van der Waals surface area contributed by atoms with Gasteiger partial charge in [-0.2, -0.15) is 0 Å². The fourth-order valence-corrected chi connectivity index (χ4v) is 3.12. The zero-order valence-corrected chi connectivity index (χ0v) is 14.9. The van der Waals surface area contributed by atoms with Crippen LogP contribution in [0.3, 0.4) is 0 Å². The number of aliphatic carboxylic acids is 1. The van der Waals surface area contributed by atoms with E-state index in [0.29, 0.717) is 5.56 Å². The second kappa shape index (κ2) is 7.49. The van der Waals surface area contributed by atoms with E-state index in [1.54, 1.807) is 12.1 Å². The van der Waals surface area contributed by atoms with Crippen LogP contribution in [0.5, 0.6) is 0 Å². The fourth-order valence-electron chi connectivity index (χ4n) is 2.67. The summed E-state index contributed by atoms with van der Waals surface area (Å²) in [5, 5.41) is 14.0. The van der Waals surface area contributed by atoms with Gasteiger partial charge in [-0.15, -0.1) is 0 Å². The van der Waals surface area contributed by atoms with E-state index < -0.39 is 17.9 Å². The molecule has 5 heteroatoms. The number of fused-ring (bicyclic) bond motifs is 1. The van der Waals surface area contributed by atoms with Gasteiger partial charge in [-0.05, 0) is 40.6 Å². The lowest BCUT2D eigenvalue weighted by Gasteiger charge is -2.15. The van der Waals surface area contributed by atoms with Crippen molar-refractivity contribution in [2.24, 2.45) is 0 Å². The average Bonchev–Trinajstić information content (AvgIpc) is 2.60. The molecule has 0 aliphatic carbocycles. The van der Waals surface area contributed by atoms with Gasteiger partial charge >= 0.3 is 5.97 Å². The molecule has 0 radical (unpaired) electrons. The smallest absolute Gasteiger partial charge is 0.326 e. The SMILES string of the molecule is O=C(N[C@@H](Cc1cccc(Br)c1)C(=O)O)c1ccc2ccccc2c1. The monoisotopic (exact) mass is 397 g/mol. The van der Waals surface area contributed by atoms with Crippen molar-refractivity contribution in [3.8, 4) is 0 Å². The minimum absolute atomic E-state index is 0.216. The third kappa shape index (κ3) is 4.25. The first-order chi connectivity index (χ1) is 12.0. The van der Waals surface area contributed by atoms with Crippen LogP contribution in [-0.4, -0.2) is 23.0 Å². The highest BCUT2D eigenvalue weighted by atomic mass is 79.9. The average molecular weight is 398 g/mol. The number of benzene rings is 3. The Morgan fingerprint density at radius 1 is 0.960 bits per heavy atom. The van der Waals surface area contributed by atoms with Crippen molar-refractivity contribution in [3.05, 3.63) is 82.3 Å². The Labute approximate surface area is 153 Å². The predicted octanol–water partition coefficient (Wildman–Crippen LogP) is 4.03. The number of halogens is 1. The number of carboxylic acid groups (broad SMARTS) is 1. The van der Waals surface area contributed by atoms with Crippen molar-refractivity contribution in [1.29, 1.82) is 0 Å². The van der Waals surface area contributed by atoms with Gasteiger partial charge in [0, 0.05) is 16.5 Å². The molecule has 1 atom stereocenters. The first kappa shape index (κ1) is 17.2. The summed E-state index contributed by atoms with van der Waals surface area (Å²) >= 11 is 3.36. The minimum Gasteiger partial charge on any atom is -0.480 e. The van der Waals surface area contributed by atoms with E-state index in [9.17, 15) is 14.7 Å². The summed E-state index contributed by atoms with van der Waals surface area (Å²) in [5.74, 6) is -1.46. The molecule has 0 saturated heterocycles. The van der Waals surface area contributed by atoms with E-state index in [4.69, 9.17) is 0 Å². The molecule has 3 aromatic carbocycles. The molecule has 1 amide bonds. The highest BCUT2D eigenvalue weighted by Crippen LogP contribution is 2.16. The molecule has 0 heterocycles. The number of amides is 1. The van der Waals surface area contributed by atoms with Gasteiger partial charge in [-0.3, -0.25) is 4.79 Å². The minimum atomic E-state index is -1.06. The first-order valence-electron chi connectivity index (χ1n) is 7.80. The largest absolute Gasteiger partial charge is 0.480 e. The van der Waals surface area contributed by atoms with Gasteiger partial charge < -0.3 is 10.4 Å². The molecule has 3 rings (SSSR count). The van der Waals surface area contributed by atoms with E-state index in [1.165, 1.54) is 0 Å². The maximum atomic E-state index is 12.5. The van der Waals surface area contributed by atoms with Crippen LogP contribution < -0.4 is 5.32 Å². The number of carbonyl (C=O) groups excluding carboxylic acids is 1. The maximum absolute atomic E-state index is 12.5. The molecule has 25 heavy (non-hydrogen) atoms. The summed E-state index contributed by atoms with van der Waals surface area (Å²) < 4.78 is 0.870. The van der Waals surface area contributed by atoms with Crippen molar-refractivity contribution in [2.75, 3.05) is 0 Å². The lowest BCUT2D eigenvalue weighted by molar-refractivity contribution is -0.139. The molecule has 4 nitrogen and oxygen atoms in total. The van der Waals surface area contributed by atoms with Gasteiger partial charge in [0.05, 0.1) is 0 Å². The van der Waals surface area contributed by atoms with Gasteiger partial charge in [-0.1, -0.05) is 58.4 Å². The quantitative estimate of drug-likeness (QED) is 0.682. The van der Waals surface area contributed by atoms with Gasteiger partial charge in [0.15, 0.2) is 0 Å². The number of carboxylic acids is 1. The Morgan fingerprint density at radius 2 is 1.72 bits per heavy atom. The highest BCUT2D eigenvalue weighted by Gasteiger charge is 2.21. The predicted molar refractivity (Wildman–Crippen MR) is 101 cm³/mol. The summed E-state index contributed by atoms with van der Waals surface area (Å²) in [7, 11) is 0. The first-order valence-corrected chi connectivity index (χ1v) is 8.59. The molecule has 126 valence electrons. The van der Waals surface area contributed by atoms with E-state index in [0.717, 1.165) is 20.8 Å². The lowest BCUT2D eigenvalue weighted by Crippen LogP contribution is -2.42. The van der Waals surface area contributed by atoms with Crippen molar-refractivity contribution in [3.63, 3.8) is 0 Å². The zero-order chi connectivity index (χ0) is 17.8. The normalized spacial score (nSPS) is 11.9. The molecule has 0 bridgehead atoms. The Bertz CT molecular complexity index is 939. The number of nitrogens with one attached hydrogen (secondary N) is 1. The van der Waals surface area contributed by atoms with Crippen molar-refractivity contribution in [1.82, 2.24) is 5.32 Å². The number of hydrogen-bond donors (Lipinski definition) is 2. The van der Waals surface area contributed by atoms with E-state index in [-0.39, 0.29) is 6.42 Å². The fraction of sp³-hybridized carbons (Fsp3) is 0.100. The van der Waals surface area contributed by atoms with E-state index in [1.807, 2.05) is 54.6 Å². The van der Waals surface area contributed by atoms with Gasteiger partial charge in [-0.25, -0.2) is 4.79 Å². The van der Waals surface area contributed by atoms with Crippen LogP contribution in [0, 0.1) is 0 Å². The second-order valence-corrected chi connectivity index (χ2v) is 6.68. The van der Waals surface area contributed by atoms with Gasteiger partial charge in [0.25, 0.3) is 5.91 Å². The summed E-state index contributed by atoms with van der Waals surface area (Å²) in [6, 6.07) is 19.4. The Morgan fingerprint density at radius 3 is 2.44 bits per heavy atom. The molecule has 0 aliphatic heterocycles. The molecule has 0 fully saturated rings. The van der Waals surface area contributed by atoms with Crippen molar-refractivity contribution < 1.29 is 14.7 Å². The van der Waals surface area contributed by atoms with Crippen molar-refractivity contribution >= 4 is 38.6 Å². The third-order valence-electron chi connectivity index (χ3n) is 3.94.